The van der Waals surface area contributed by atoms with Crippen LogP contribution in [0.3, 0.4) is 0 Å². The molecule has 0 aliphatic carbocycles. The van der Waals surface area contributed by atoms with E-state index in [9.17, 15) is 21.6 Å². The molecule has 1 aromatic heterocycles. The first-order chi connectivity index (χ1) is 12.2. The van der Waals surface area contributed by atoms with Crippen molar-refractivity contribution in [1.82, 2.24) is 9.78 Å². The van der Waals surface area contributed by atoms with E-state index in [0.29, 0.717) is 5.69 Å². The van der Waals surface area contributed by atoms with Gasteiger partial charge in [0.15, 0.2) is 0 Å². The Balaban J connectivity index is 1.88. The highest BCUT2D eigenvalue weighted by atomic mass is 32.2. The minimum absolute atomic E-state index is 0.0323. The molecule has 0 radical (unpaired) electrons. The smallest absolute Gasteiger partial charge is 0.280 e. The van der Waals surface area contributed by atoms with Crippen molar-refractivity contribution in [3.63, 3.8) is 0 Å². The van der Waals surface area contributed by atoms with E-state index >= 15 is 0 Å². The quantitative estimate of drug-likeness (QED) is 0.743. The number of rotatable bonds is 4. The summed E-state index contributed by atoms with van der Waals surface area (Å²) >= 11 is 0. The third-order valence-electron chi connectivity index (χ3n) is 3.63. The lowest BCUT2D eigenvalue weighted by Crippen LogP contribution is -2.13. The van der Waals surface area contributed by atoms with Crippen molar-refractivity contribution in [3.05, 3.63) is 72.1 Å². The molecule has 0 atom stereocenters. The number of anilines is 1. The third kappa shape index (κ3) is 3.72. The molecule has 0 aliphatic heterocycles. The molecule has 0 saturated carbocycles. The number of sulfonamides is 1. The molecule has 0 amide bonds. The monoisotopic (exact) mass is 381 g/mol. The van der Waals surface area contributed by atoms with Gasteiger partial charge in [-0.3, -0.25) is 4.72 Å². The lowest BCUT2D eigenvalue weighted by molar-refractivity contribution is -0.137. The van der Waals surface area contributed by atoms with Crippen molar-refractivity contribution in [3.8, 4) is 5.69 Å². The topological polar surface area (TPSA) is 64.0 Å². The number of halogens is 3. The zero-order chi connectivity index (χ0) is 18.9. The lowest BCUT2D eigenvalue weighted by atomic mass is 10.2. The summed E-state index contributed by atoms with van der Waals surface area (Å²) in [5.41, 5.74) is 0.137. The molecule has 0 fully saturated rings. The minimum Gasteiger partial charge on any atom is -0.280 e. The average Bonchev–Trinajstić information content (AvgIpc) is 2.98. The van der Waals surface area contributed by atoms with Crippen LogP contribution in [0.2, 0.25) is 0 Å². The fraction of sp³-hybridized carbons (Fsp3) is 0.118. The number of aromatic nitrogens is 2. The van der Waals surface area contributed by atoms with E-state index in [1.165, 1.54) is 10.9 Å². The van der Waals surface area contributed by atoms with Crippen LogP contribution in [0.25, 0.3) is 5.69 Å². The van der Waals surface area contributed by atoms with Crippen molar-refractivity contribution < 1.29 is 21.6 Å². The molecule has 136 valence electrons. The lowest BCUT2D eigenvalue weighted by Gasteiger charge is -2.09. The highest BCUT2D eigenvalue weighted by Crippen LogP contribution is 2.30. The van der Waals surface area contributed by atoms with Crippen LogP contribution in [0.4, 0.5) is 18.9 Å². The van der Waals surface area contributed by atoms with Gasteiger partial charge >= 0.3 is 6.18 Å². The Kier molecular flexibility index (Phi) is 4.49. The number of nitrogens with one attached hydrogen (secondary N) is 1. The number of hydrogen-bond acceptors (Lipinski definition) is 3. The summed E-state index contributed by atoms with van der Waals surface area (Å²) in [6, 6.07) is 12.7. The molecule has 0 bridgehead atoms. The zero-order valence-corrected chi connectivity index (χ0v) is 14.3. The third-order valence-corrected chi connectivity index (χ3v) is 5.11. The number of nitrogens with zero attached hydrogens (tertiary/aromatic N) is 2. The normalized spacial score (nSPS) is 12.2. The van der Waals surface area contributed by atoms with E-state index in [0.717, 1.165) is 24.3 Å². The maximum Gasteiger partial charge on any atom is 0.416 e. The summed E-state index contributed by atoms with van der Waals surface area (Å²) in [4.78, 5) is -0.0544. The predicted octanol–water partition coefficient (Wildman–Crippen LogP) is 4.00. The number of aryl methyl sites for hydroxylation is 1. The molecule has 0 saturated heterocycles. The molecule has 0 spiro atoms. The van der Waals surface area contributed by atoms with E-state index in [-0.39, 0.29) is 16.3 Å². The van der Waals surface area contributed by atoms with E-state index in [4.69, 9.17) is 0 Å². The van der Waals surface area contributed by atoms with Gasteiger partial charge in [0, 0.05) is 5.69 Å². The van der Waals surface area contributed by atoms with Crippen molar-refractivity contribution in [1.29, 1.82) is 0 Å². The van der Waals surface area contributed by atoms with Gasteiger partial charge in [-0.25, -0.2) is 13.1 Å². The second-order valence-corrected chi connectivity index (χ2v) is 7.19. The number of benzene rings is 2. The molecule has 0 unspecified atom stereocenters. The fourth-order valence-corrected chi connectivity index (χ4v) is 3.58. The first-order valence-corrected chi connectivity index (χ1v) is 8.97. The zero-order valence-electron chi connectivity index (χ0n) is 13.5. The van der Waals surface area contributed by atoms with Crippen molar-refractivity contribution in [2.24, 2.45) is 0 Å². The van der Waals surface area contributed by atoms with Crippen LogP contribution < -0.4 is 4.72 Å². The predicted molar refractivity (Wildman–Crippen MR) is 90.6 cm³/mol. The van der Waals surface area contributed by atoms with Crippen molar-refractivity contribution in [2.45, 2.75) is 18.0 Å². The Bertz CT molecular complexity index is 1010. The van der Waals surface area contributed by atoms with E-state index in [1.54, 1.807) is 31.2 Å². The van der Waals surface area contributed by atoms with Crippen LogP contribution in [0.15, 0.2) is 65.7 Å². The van der Waals surface area contributed by atoms with Gasteiger partial charge in [0.25, 0.3) is 10.0 Å². The Labute approximate surface area is 148 Å². The van der Waals surface area contributed by atoms with E-state index in [1.807, 2.05) is 6.07 Å². The van der Waals surface area contributed by atoms with Gasteiger partial charge in [-0.1, -0.05) is 18.2 Å². The van der Waals surface area contributed by atoms with Crippen LogP contribution in [-0.2, 0) is 16.2 Å². The summed E-state index contributed by atoms with van der Waals surface area (Å²) in [5, 5.41) is 4.18. The van der Waals surface area contributed by atoms with Crippen molar-refractivity contribution >= 4 is 15.7 Å². The Morgan fingerprint density at radius 3 is 2.19 bits per heavy atom. The van der Waals surface area contributed by atoms with E-state index in [2.05, 4.69) is 9.82 Å². The number of para-hydroxylation sites is 1. The largest absolute Gasteiger partial charge is 0.416 e. The molecule has 3 rings (SSSR count). The second-order valence-electron chi connectivity index (χ2n) is 5.54. The summed E-state index contributed by atoms with van der Waals surface area (Å²) < 4.78 is 66.6. The van der Waals surface area contributed by atoms with Crippen molar-refractivity contribution in [2.75, 3.05) is 4.72 Å². The molecular formula is C17H14F3N3O2S. The van der Waals surface area contributed by atoms with Gasteiger partial charge < -0.3 is 0 Å². The summed E-state index contributed by atoms with van der Waals surface area (Å²) in [6.45, 7) is 1.54. The van der Waals surface area contributed by atoms with Gasteiger partial charge in [0.1, 0.15) is 4.90 Å². The minimum atomic E-state index is -4.48. The summed E-state index contributed by atoms with van der Waals surface area (Å²) in [5.74, 6) is 0. The Hall–Kier alpha value is -2.81. The molecule has 26 heavy (non-hydrogen) atoms. The highest BCUT2D eigenvalue weighted by molar-refractivity contribution is 7.92. The maximum atomic E-state index is 12.6. The van der Waals surface area contributed by atoms with E-state index < -0.39 is 21.8 Å². The molecule has 2 aromatic carbocycles. The molecule has 1 N–H and O–H groups in total. The summed E-state index contributed by atoms with van der Waals surface area (Å²) in [6.07, 6.45) is -3.12. The van der Waals surface area contributed by atoms with Crippen LogP contribution in [0, 0.1) is 6.92 Å². The van der Waals surface area contributed by atoms with Gasteiger partial charge in [-0.15, -0.1) is 0 Å². The molecule has 5 nitrogen and oxygen atoms in total. The van der Waals surface area contributed by atoms with Crippen LogP contribution in [0.1, 0.15) is 11.3 Å². The van der Waals surface area contributed by atoms with Gasteiger partial charge in [-0.2, -0.15) is 18.3 Å². The molecule has 9 heteroatoms. The molecule has 1 heterocycles. The van der Waals surface area contributed by atoms with Crippen LogP contribution >= 0.6 is 0 Å². The van der Waals surface area contributed by atoms with Gasteiger partial charge in [-0.05, 0) is 43.3 Å². The second kappa shape index (κ2) is 6.49. The van der Waals surface area contributed by atoms with Crippen LogP contribution in [0.5, 0.6) is 0 Å². The Morgan fingerprint density at radius 1 is 1.00 bits per heavy atom. The first-order valence-electron chi connectivity index (χ1n) is 7.48. The standard InChI is InChI=1S/C17H14F3N3O2S/c1-12-16(11-23(21-12)15-5-3-2-4-6-15)26(24,25)22-14-9-7-13(8-10-14)17(18,19)20/h2-11,22H,1H3. The first kappa shape index (κ1) is 18.0. The Morgan fingerprint density at radius 2 is 1.62 bits per heavy atom. The average molecular weight is 381 g/mol. The number of alkyl halides is 3. The fourth-order valence-electron chi connectivity index (χ4n) is 2.36. The molecule has 0 aliphatic rings. The van der Waals surface area contributed by atoms with Crippen LogP contribution in [-0.4, -0.2) is 18.2 Å². The highest BCUT2D eigenvalue weighted by Gasteiger charge is 2.30. The maximum absolute atomic E-state index is 12.6. The SMILES string of the molecule is Cc1nn(-c2ccccc2)cc1S(=O)(=O)Nc1ccc(C(F)(F)F)cc1. The van der Waals surface area contributed by atoms with Gasteiger partial charge in [0.2, 0.25) is 0 Å². The summed E-state index contributed by atoms with van der Waals surface area (Å²) in [7, 11) is -3.99. The van der Waals surface area contributed by atoms with Gasteiger partial charge in [0.05, 0.1) is 23.1 Å². The molecular weight excluding hydrogens is 367 g/mol. The molecule has 3 aromatic rings. The number of hydrogen-bond donors (Lipinski definition) is 1.